The van der Waals surface area contributed by atoms with Crippen LogP contribution >= 0.6 is 0 Å². The van der Waals surface area contributed by atoms with Crippen molar-refractivity contribution in [3.05, 3.63) is 58.3 Å². The Kier molecular flexibility index (Phi) is 4.60. The third-order valence-electron chi connectivity index (χ3n) is 2.71. The molecule has 0 saturated carbocycles. The minimum absolute atomic E-state index is 0.198. The second kappa shape index (κ2) is 6.60. The average molecular weight is 272 g/mol. The maximum absolute atomic E-state index is 12.0. The van der Waals surface area contributed by atoms with Crippen LogP contribution in [0.2, 0.25) is 0 Å². The number of carbonyl (C=O) groups excluding carboxylic acids is 1. The first kappa shape index (κ1) is 13.9. The second-order valence-corrected chi connectivity index (χ2v) is 4.32. The highest BCUT2D eigenvalue weighted by molar-refractivity contribution is 5.91. The Labute approximate surface area is 116 Å². The van der Waals surface area contributed by atoms with E-state index in [-0.39, 0.29) is 17.2 Å². The Balaban J connectivity index is 2.06. The molecule has 0 unspecified atom stereocenters. The number of amides is 1. The third kappa shape index (κ3) is 3.50. The van der Waals surface area contributed by atoms with Crippen LogP contribution in [0.4, 0.5) is 0 Å². The number of nitrogens with one attached hydrogen (secondary N) is 1. The summed E-state index contributed by atoms with van der Waals surface area (Å²) in [4.78, 5) is 27.5. The van der Waals surface area contributed by atoms with Crippen molar-refractivity contribution in [2.45, 2.75) is 26.4 Å². The van der Waals surface area contributed by atoms with Gasteiger partial charge in [-0.3, -0.25) is 14.6 Å². The lowest BCUT2D eigenvalue weighted by atomic mass is 10.3. The smallest absolute Gasteiger partial charge is 0.271 e. The van der Waals surface area contributed by atoms with Gasteiger partial charge in [-0.1, -0.05) is 13.0 Å². The van der Waals surface area contributed by atoms with Crippen LogP contribution in [0.25, 0.3) is 0 Å². The molecule has 104 valence electrons. The predicted molar refractivity (Wildman–Crippen MR) is 74.2 cm³/mol. The monoisotopic (exact) mass is 272 g/mol. The molecule has 0 spiro atoms. The van der Waals surface area contributed by atoms with E-state index < -0.39 is 0 Å². The Morgan fingerprint density at radius 3 is 2.90 bits per heavy atom. The van der Waals surface area contributed by atoms with E-state index in [0.29, 0.717) is 13.1 Å². The topological polar surface area (TPSA) is 76.9 Å². The molecule has 0 aliphatic heterocycles. The molecule has 1 amide bonds. The zero-order chi connectivity index (χ0) is 14.4. The van der Waals surface area contributed by atoms with Crippen molar-refractivity contribution in [3.63, 3.8) is 0 Å². The van der Waals surface area contributed by atoms with Gasteiger partial charge < -0.3 is 5.32 Å². The zero-order valence-electron chi connectivity index (χ0n) is 11.2. The van der Waals surface area contributed by atoms with Gasteiger partial charge >= 0.3 is 0 Å². The lowest BCUT2D eigenvalue weighted by Crippen LogP contribution is -2.29. The highest BCUT2D eigenvalue weighted by atomic mass is 16.2. The van der Waals surface area contributed by atoms with Gasteiger partial charge in [-0.25, -0.2) is 4.68 Å². The molecule has 6 nitrogen and oxygen atoms in total. The van der Waals surface area contributed by atoms with Crippen LogP contribution in [0, 0.1) is 0 Å². The first-order valence-corrected chi connectivity index (χ1v) is 6.46. The van der Waals surface area contributed by atoms with Crippen molar-refractivity contribution in [3.8, 4) is 0 Å². The molecule has 2 aromatic rings. The largest absolute Gasteiger partial charge is 0.347 e. The minimum Gasteiger partial charge on any atom is -0.347 e. The van der Waals surface area contributed by atoms with Gasteiger partial charge in [-0.15, -0.1) is 0 Å². The van der Waals surface area contributed by atoms with Gasteiger partial charge in [-0.2, -0.15) is 5.10 Å². The van der Waals surface area contributed by atoms with Crippen LogP contribution < -0.4 is 10.9 Å². The fourth-order valence-electron chi connectivity index (χ4n) is 1.72. The Morgan fingerprint density at radius 2 is 2.20 bits per heavy atom. The van der Waals surface area contributed by atoms with Crippen LogP contribution in [0.3, 0.4) is 0 Å². The normalized spacial score (nSPS) is 10.2. The first-order valence-electron chi connectivity index (χ1n) is 6.46. The van der Waals surface area contributed by atoms with Gasteiger partial charge in [0.25, 0.3) is 11.5 Å². The highest BCUT2D eigenvalue weighted by Gasteiger charge is 2.09. The SMILES string of the molecule is CCCn1nc(C(=O)NCc2cccnc2)ccc1=O. The Bertz CT molecular complexity index is 637. The van der Waals surface area contributed by atoms with Gasteiger partial charge in [0.15, 0.2) is 0 Å². The summed E-state index contributed by atoms with van der Waals surface area (Å²) >= 11 is 0. The Hall–Kier alpha value is -2.50. The number of hydrogen-bond donors (Lipinski definition) is 1. The van der Waals surface area contributed by atoms with Crippen molar-refractivity contribution < 1.29 is 4.79 Å². The van der Waals surface area contributed by atoms with Gasteiger partial charge in [0.05, 0.1) is 0 Å². The molecule has 0 aromatic carbocycles. The van der Waals surface area contributed by atoms with Crippen molar-refractivity contribution in [2.75, 3.05) is 0 Å². The lowest BCUT2D eigenvalue weighted by molar-refractivity contribution is 0.0943. The van der Waals surface area contributed by atoms with Crippen molar-refractivity contribution >= 4 is 5.91 Å². The summed E-state index contributed by atoms with van der Waals surface area (Å²) in [5.74, 6) is -0.307. The summed E-state index contributed by atoms with van der Waals surface area (Å²) in [6.45, 7) is 2.83. The zero-order valence-corrected chi connectivity index (χ0v) is 11.2. The molecule has 6 heteroatoms. The molecule has 2 rings (SSSR count). The molecule has 2 heterocycles. The summed E-state index contributed by atoms with van der Waals surface area (Å²) in [7, 11) is 0. The summed E-state index contributed by atoms with van der Waals surface area (Å²) in [5.41, 5.74) is 0.945. The van der Waals surface area contributed by atoms with Crippen LogP contribution in [0.1, 0.15) is 29.4 Å². The van der Waals surface area contributed by atoms with Crippen molar-refractivity contribution in [1.29, 1.82) is 0 Å². The van der Waals surface area contributed by atoms with Crippen LogP contribution in [0.5, 0.6) is 0 Å². The minimum atomic E-state index is -0.307. The van der Waals surface area contributed by atoms with Crippen LogP contribution in [-0.2, 0) is 13.1 Å². The maximum Gasteiger partial charge on any atom is 0.271 e. The van der Waals surface area contributed by atoms with Crippen molar-refractivity contribution in [1.82, 2.24) is 20.1 Å². The lowest BCUT2D eigenvalue weighted by Gasteiger charge is -2.07. The van der Waals surface area contributed by atoms with Gasteiger partial charge in [0.1, 0.15) is 5.69 Å². The van der Waals surface area contributed by atoms with Gasteiger partial charge in [0.2, 0.25) is 0 Å². The van der Waals surface area contributed by atoms with E-state index in [4.69, 9.17) is 0 Å². The molecule has 0 saturated heterocycles. The molecule has 1 N–H and O–H groups in total. The van der Waals surface area contributed by atoms with E-state index in [0.717, 1.165) is 12.0 Å². The third-order valence-corrected chi connectivity index (χ3v) is 2.71. The molecule has 0 fully saturated rings. The number of hydrogen-bond acceptors (Lipinski definition) is 4. The molecule has 0 aliphatic rings. The number of aryl methyl sites for hydroxylation is 1. The van der Waals surface area contributed by atoms with Gasteiger partial charge in [0, 0.05) is 31.5 Å². The number of pyridine rings is 1. The highest BCUT2D eigenvalue weighted by Crippen LogP contribution is 1.97. The molecular weight excluding hydrogens is 256 g/mol. The molecule has 20 heavy (non-hydrogen) atoms. The van der Waals surface area contributed by atoms with Crippen molar-refractivity contribution in [2.24, 2.45) is 0 Å². The summed E-state index contributed by atoms with van der Waals surface area (Å²) < 4.78 is 1.30. The summed E-state index contributed by atoms with van der Waals surface area (Å²) in [6.07, 6.45) is 4.15. The maximum atomic E-state index is 12.0. The van der Waals surface area contributed by atoms with E-state index in [2.05, 4.69) is 15.4 Å². The number of aromatic nitrogens is 3. The fourth-order valence-corrected chi connectivity index (χ4v) is 1.72. The quantitative estimate of drug-likeness (QED) is 0.880. The average Bonchev–Trinajstić information content (AvgIpc) is 2.48. The fraction of sp³-hybridized carbons (Fsp3) is 0.286. The second-order valence-electron chi connectivity index (χ2n) is 4.32. The van der Waals surface area contributed by atoms with E-state index in [1.54, 1.807) is 18.5 Å². The van der Waals surface area contributed by atoms with E-state index in [1.165, 1.54) is 16.8 Å². The molecule has 0 radical (unpaired) electrons. The van der Waals surface area contributed by atoms with Gasteiger partial charge in [-0.05, 0) is 24.1 Å². The standard InChI is InChI=1S/C14H16N4O2/c1-2-8-18-13(19)6-5-12(17-18)14(20)16-10-11-4-3-7-15-9-11/h3-7,9H,2,8,10H2,1H3,(H,16,20). The summed E-state index contributed by atoms with van der Waals surface area (Å²) in [6, 6.07) is 6.48. The Morgan fingerprint density at radius 1 is 1.35 bits per heavy atom. The van der Waals surface area contributed by atoms with Crippen LogP contribution in [-0.4, -0.2) is 20.7 Å². The van der Waals surface area contributed by atoms with E-state index in [9.17, 15) is 9.59 Å². The predicted octanol–water partition coefficient (Wildman–Crippen LogP) is 0.978. The first-order chi connectivity index (χ1) is 9.70. The molecule has 0 aliphatic carbocycles. The van der Waals surface area contributed by atoms with E-state index >= 15 is 0 Å². The molecular formula is C14H16N4O2. The number of carbonyl (C=O) groups is 1. The summed E-state index contributed by atoms with van der Waals surface area (Å²) in [5, 5.41) is 6.80. The number of nitrogens with zero attached hydrogens (tertiary/aromatic N) is 3. The molecule has 0 atom stereocenters. The molecule has 2 aromatic heterocycles. The van der Waals surface area contributed by atoms with E-state index in [1.807, 2.05) is 13.0 Å². The number of rotatable bonds is 5. The molecule has 0 bridgehead atoms. The van der Waals surface area contributed by atoms with Crippen LogP contribution in [0.15, 0.2) is 41.5 Å².